The Balaban J connectivity index is 2.34. The van der Waals surface area contributed by atoms with Gasteiger partial charge in [0.15, 0.2) is 0 Å². The first-order chi connectivity index (χ1) is 10.5. The van der Waals surface area contributed by atoms with Gasteiger partial charge < -0.3 is 10.0 Å². The normalized spacial score (nSPS) is 15.4. The van der Waals surface area contributed by atoms with Gasteiger partial charge in [0.25, 0.3) is 0 Å². The molecule has 0 amide bonds. The van der Waals surface area contributed by atoms with Gasteiger partial charge in [0.2, 0.25) is 0 Å². The van der Waals surface area contributed by atoms with Crippen molar-refractivity contribution in [3.05, 3.63) is 46.2 Å². The lowest BCUT2D eigenvalue weighted by molar-refractivity contribution is -0.131. The van der Waals surface area contributed by atoms with E-state index in [0.717, 1.165) is 52.8 Å². The predicted octanol–water partition coefficient (Wildman–Crippen LogP) is 2.94. The SMILES string of the molecule is Cc1cc(C)c2c(/C=C/C(=O)O)c3c(nc2c1)CCN(C)C3. The largest absolute Gasteiger partial charge is 0.478 e. The highest BCUT2D eigenvalue weighted by Gasteiger charge is 2.20. The molecule has 0 radical (unpaired) electrons. The Morgan fingerprint density at radius 2 is 2.14 bits per heavy atom. The summed E-state index contributed by atoms with van der Waals surface area (Å²) in [5, 5.41) is 10.1. The standard InChI is InChI=1S/C18H20N2O2/c1-11-8-12(2)18-13(4-5-17(21)22)14-10-20(3)7-6-15(14)19-16(18)9-11/h4-5,8-9H,6-7,10H2,1-3H3,(H,21,22)/b5-4+. The average Bonchev–Trinajstić information content (AvgIpc) is 2.43. The number of aryl methyl sites for hydroxylation is 2. The van der Waals surface area contributed by atoms with Crippen molar-refractivity contribution in [1.29, 1.82) is 0 Å². The van der Waals surface area contributed by atoms with Crippen molar-refractivity contribution in [2.75, 3.05) is 13.6 Å². The highest BCUT2D eigenvalue weighted by Crippen LogP contribution is 2.31. The number of likely N-dealkylation sites (N-methyl/N-ethyl adjacent to an activating group) is 1. The molecular formula is C18H20N2O2. The molecule has 0 aliphatic carbocycles. The minimum Gasteiger partial charge on any atom is -0.478 e. The minimum absolute atomic E-state index is 0.810. The fourth-order valence-corrected chi connectivity index (χ4v) is 3.27. The van der Waals surface area contributed by atoms with Crippen molar-refractivity contribution >= 4 is 22.9 Å². The van der Waals surface area contributed by atoms with Gasteiger partial charge in [-0.3, -0.25) is 4.98 Å². The first kappa shape index (κ1) is 14.7. The molecule has 0 spiro atoms. The summed E-state index contributed by atoms with van der Waals surface area (Å²) in [6.07, 6.45) is 3.86. The molecule has 1 aromatic carbocycles. The van der Waals surface area contributed by atoms with E-state index in [1.165, 1.54) is 11.6 Å². The van der Waals surface area contributed by atoms with Crippen LogP contribution in [0.4, 0.5) is 0 Å². The van der Waals surface area contributed by atoms with Gasteiger partial charge in [0, 0.05) is 36.7 Å². The second-order valence-corrected chi connectivity index (χ2v) is 6.09. The maximum atomic E-state index is 11.0. The van der Waals surface area contributed by atoms with Gasteiger partial charge in [-0.25, -0.2) is 4.79 Å². The lowest BCUT2D eigenvalue weighted by Crippen LogP contribution is -2.28. The van der Waals surface area contributed by atoms with Crippen LogP contribution in [0.3, 0.4) is 0 Å². The van der Waals surface area contributed by atoms with E-state index >= 15 is 0 Å². The Kier molecular flexibility index (Phi) is 3.71. The maximum Gasteiger partial charge on any atom is 0.328 e. The molecule has 0 atom stereocenters. The van der Waals surface area contributed by atoms with Gasteiger partial charge in [0.1, 0.15) is 0 Å². The summed E-state index contributed by atoms with van der Waals surface area (Å²) >= 11 is 0. The molecule has 3 rings (SSSR count). The lowest BCUT2D eigenvalue weighted by atomic mass is 9.92. The monoisotopic (exact) mass is 296 g/mol. The number of aliphatic carboxylic acids is 1. The molecule has 4 heteroatoms. The molecule has 0 fully saturated rings. The Hall–Kier alpha value is -2.20. The summed E-state index contributed by atoms with van der Waals surface area (Å²) in [5.41, 5.74) is 6.55. The molecule has 4 nitrogen and oxygen atoms in total. The molecule has 2 heterocycles. The molecule has 1 aliphatic heterocycles. The van der Waals surface area contributed by atoms with Crippen molar-refractivity contribution in [2.24, 2.45) is 0 Å². The molecule has 0 saturated heterocycles. The Morgan fingerprint density at radius 1 is 1.36 bits per heavy atom. The van der Waals surface area contributed by atoms with E-state index in [0.29, 0.717) is 0 Å². The number of aromatic nitrogens is 1. The predicted molar refractivity (Wildman–Crippen MR) is 87.9 cm³/mol. The molecule has 114 valence electrons. The zero-order chi connectivity index (χ0) is 15.9. The Morgan fingerprint density at radius 3 is 2.86 bits per heavy atom. The number of hydrogen-bond acceptors (Lipinski definition) is 3. The van der Waals surface area contributed by atoms with E-state index in [1.807, 2.05) is 0 Å². The summed E-state index contributed by atoms with van der Waals surface area (Å²) in [7, 11) is 2.08. The first-order valence-electron chi connectivity index (χ1n) is 7.48. The highest BCUT2D eigenvalue weighted by molar-refractivity contribution is 5.96. The quantitative estimate of drug-likeness (QED) is 0.866. The lowest BCUT2D eigenvalue weighted by Gasteiger charge is -2.27. The van der Waals surface area contributed by atoms with E-state index in [2.05, 4.69) is 37.9 Å². The summed E-state index contributed by atoms with van der Waals surface area (Å²) in [6.45, 7) is 5.92. The number of rotatable bonds is 2. The van der Waals surface area contributed by atoms with E-state index < -0.39 is 5.97 Å². The molecule has 0 bridgehead atoms. The van der Waals surface area contributed by atoms with Crippen LogP contribution in [-0.4, -0.2) is 34.6 Å². The molecule has 0 saturated carbocycles. The van der Waals surface area contributed by atoms with Crippen molar-refractivity contribution in [1.82, 2.24) is 9.88 Å². The van der Waals surface area contributed by atoms with Crippen LogP contribution in [0.1, 0.15) is 27.9 Å². The zero-order valence-electron chi connectivity index (χ0n) is 13.2. The van der Waals surface area contributed by atoms with E-state index in [4.69, 9.17) is 10.1 Å². The number of pyridine rings is 1. The van der Waals surface area contributed by atoms with Gasteiger partial charge in [-0.1, -0.05) is 6.07 Å². The number of carbonyl (C=O) groups is 1. The molecule has 0 unspecified atom stereocenters. The van der Waals surface area contributed by atoms with Crippen LogP contribution in [0.2, 0.25) is 0 Å². The fourth-order valence-electron chi connectivity index (χ4n) is 3.27. The summed E-state index contributed by atoms with van der Waals surface area (Å²) in [4.78, 5) is 18.1. The smallest absolute Gasteiger partial charge is 0.328 e. The Bertz CT molecular complexity index is 794. The summed E-state index contributed by atoms with van der Waals surface area (Å²) in [6, 6.07) is 4.21. The Labute approximate surface area is 130 Å². The van der Waals surface area contributed by atoms with Crippen molar-refractivity contribution in [3.8, 4) is 0 Å². The number of nitrogens with zero attached hydrogens (tertiary/aromatic N) is 2. The van der Waals surface area contributed by atoms with Crippen LogP contribution >= 0.6 is 0 Å². The molecule has 1 aromatic heterocycles. The molecule has 2 aromatic rings. The summed E-state index contributed by atoms with van der Waals surface area (Å²) in [5.74, 6) is -0.923. The molecule has 1 aliphatic rings. The zero-order valence-corrected chi connectivity index (χ0v) is 13.2. The van der Waals surface area contributed by atoms with Gasteiger partial charge in [-0.15, -0.1) is 0 Å². The number of fused-ring (bicyclic) bond motifs is 2. The second kappa shape index (κ2) is 5.54. The molecular weight excluding hydrogens is 276 g/mol. The van der Waals surface area contributed by atoms with Gasteiger partial charge >= 0.3 is 5.97 Å². The first-order valence-corrected chi connectivity index (χ1v) is 7.48. The van der Waals surface area contributed by atoms with Crippen LogP contribution < -0.4 is 0 Å². The molecule has 1 N–H and O–H groups in total. The highest BCUT2D eigenvalue weighted by atomic mass is 16.4. The topological polar surface area (TPSA) is 53.4 Å². The van der Waals surface area contributed by atoms with Crippen LogP contribution in [0.15, 0.2) is 18.2 Å². The van der Waals surface area contributed by atoms with E-state index in [9.17, 15) is 4.79 Å². The van der Waals surface area contributed by atoms with Crippen LogP contribution in [0.25, 0.3) is 17.0 Å². The van der Waals surface area contributed by atoms with Crippen LogP contribution in [0.5, 0.6) is 0 Å². The van der Waals surface area contributed by atoms with Crippen molar-refractivity contribution in [2.45, 2.75) is 26.8 Å². The summed E-state index contributed by atoms with van der Waals surface area (Å²) < 4.78 is 0. The maximum absolute atomic E-state index is 11.0. The third-order valence-electron chi connectivity index (χ3n) is 4.21. The molecule has 22 heavy (non-hydrogen) atoms. The van der Waals surface area contributed by atoms with Gasteiger partial charge in [-0.05, 0) is 55.3 Å². The average molecular weight is 296 g/mol. The third kappa shape index (κ3) is 2.62. The van der Waals surface area contributed by atoms with Crippen molar-refractivity contribution < 1.29 is 9.90 Å². The van der Waals surface area contributed by atoms with E-state index in [1.54, 1.807) is 6.08 Å². The number of hydrogen-bond donors (Lipinski definition) is 1. The van der Waals surface area contributed by atoms with E-state index in [-0.39, 0.29) is 0 Å². The van der Waals surface area contributed by atoms with Crippen molar-refractivity contribution in [3.63, 3.8) is 0 Å². The van der Waals surface area contributed by atoms with Gasteiger partial charge in [0.05, 0.1) is 5.52 Å². The minimum atomic E-state index is -0.923. The number of carboxylic acid groups (broad SMARTS) is 1. The number of carboxylic acids is 1. The van der Waals surface area contributed by atoms with Gasteiger partial charge in [-0.2, -0.15) is 0 Å². The fraction of sp³-hybridized carbons (Fsp3) is 0.333. The second-order valence-electron chi connectivity index (χ2n) is 6.09. The van der Waals surface area contributed by atoms with Crippen LogP contribution in [0, 0.1) is 13.8 Å². The number of benzene rings is 1. The third-order valence-corrected chi connectivity index (χ3v) is 4.21. The van der Waals surface area contributed by atoms with Crippen LogP contribution in [-0.2, 0) is 17.8 Å².